The van der Waals surface area contributed by atoms with Crippen LogP contribution in [0.4, 0.5) is 5.69 Å². The number of aryl methyl sites for hydroxylation is 1. The normalized spacial score (nSPS) is 20.6. The van der Waals surface area contributed by atoms with E-state index in [1.54, 1.807) is 29.0 Å². The SMILES string of the molecule is CC1CC(NC(=O)c2cc(C#N)c[nH]2)C(=O)N1c1cnn(C)c1. The molecule has 2 atom stereocenters. The van der Waals surface area contributed by atoms with Gasteiger partial charge in [0, 0.05) is 25.5 Å². The summed E-state index contributed by atoms with van der Waals surface area (Å²) in [4.78, 5) is 29.1. The Morgan fingerprint density at radius 2 is 2.35 bits per heavy atom. The van der Waals surface area contributed by atoms with Gasteiger partial charge in [0.25, 0.3) is 5.91 Å². The Hall–Kier alpha value is -3.08. The number of rotatable bonds is 3. The van der Waals surface area contributed by atoms with Crippen LogP contribution >= 0.6 is 0 Å². The zero-order valence-electron chi connectivity index (χ0n) is 12.8. The molecule has 0 bridgehead atoms. The van der Waals surface area contributed by atoms with Gasteiger partial charge in [-0.1, -0.05) is 0 Å². The molecule has 1 saturated heterocycles. The largest absolute Gasteiger partial charge is 0.356 e. The quantitative estimate of drug-likeness (QED) is 0.862. The van der Waals surface area contributed by atoms with Crippen molar-refractivity contribution >= 4 is 17.5 Å². The average Bonchev–Trinajstić information content (AvgIpc) is 3.20. The van der Waals surface area contributed by atoms with Crippen LogP contribution in [0.15, 0.2) is 24.7 Å². The van der Waals surface area contributed by atoms with Crippen LogP contribution in [0.25, 0.3) is 0 Å². The van der Waals surface area contributed by atoms with Crippen molar-refractivity contribution in [1.82, 2.24) is 20.1 Å². The molecule has 2 unspecified atom stereocenters. The molecular weight excluding hydrogens is 296 g/mol. The number of nitrogens with one attached hydrogen (secondary N) is 2. The number of H-pyrrole nitrogens is 1. The Bertz CT molecular complexity index is 799. The van der Waals surface area contributed by atoms with E-state index >= 15 is 0 Å². The molecule has 118 valence electrons. The number of anilines is 1. The lowest BCUT2D eigenvalue weighted by atomic mass is 10.2. The van der Waals surface area contributed by atoms with E-state index in [2.05, 4.69) is 15.4 Å². The van der Waals surface area contributed by atoms with Gasteiger partial charge in [0.1, 0.15) is 17.8 Å². The van der Waals surface area contributed by atoms with Gasteiger partial charge in [0.15, 0.2) is 0 Å². The van der Waals surface area contributed by atoms with E-state index in [0.717, 1.165) is 0 Å². The van der Waals surface area contributed by atoms with Crippen LogP contribution in [0.1, 0.15) is 29.4 Å². The lowest BCUT2D eigenvalue weighted by molar-refractivity contribution is -0.118. The first-order valence-corrected chi connectivity index (χ1v) is 7.20. The van der Waals surface area contributed by atoms with E-state index in [4.69, 9.17) is 5.26 Å². The molecule has 2 N–H and O–H groups in total. The number of hydrogen-bond donors (Lipinski definition) is 2. The van der Waals surface area contributed by atoms with Crippen LogP contribution in [0.3, 0.4) is 0 Å². The topological polar surface area (TPSA) is 107 Å². The summed E-state index contributed by atoms with van der Waals surface area (Å²) >= 11 is 0. The van der Waals surface area contributed by atoms with Gasteiger partial charge in [-0.2, -0.15) is 10.4 Å². The second-order valence-corrected chi connectivity index (χ2v) is 5.61. The number of carbonyl (C=O) groups excluding carboxylic acids is 2. The van der Waals surface area contributed by atoms with Crippen LogP contribution in [0.2, 0.25) is 0 Å². The Morgan fingerprint density at radius 1 is 1.57 bits per heavy atom. The summed E-state index contributed by atoms with van der Waals surface area (Å²) < 4.78 is 1.63. The third kappa shape index (κ3) is 2.68. The van der Waals surface area contributed by atoms with Crippen LogP contribution in [0, 0.1) is 11.3 Å². The van der Waals surface area contributed by atoms with Gasteiger partial charge in [-0.05, 0) is 19.4 Å². The molecule has 8 heteroatoms. The maximum absolute atomic E-state index is 12.6. The minimum Gasteiger partial charge on any atom is -0.356 e. The van der Waals surface area contributed by atoms with Crippen molar-refractivity contribution in [2.45, 2.75) is 25.4 Å². The number of aromatic amines is 1. The Balaban J connectivity index is 1.73. The standard InChI is InChI=1S/C15H16N6O2/c1-9-3-13(15(23)21(9)11-7-18-20(2)8-11)19-14(22)12-4-10(5-16)6-17-12/h4,6-9,13,17H,3H2,1-2H3,(H,19,22). The van der Waals surface area contributed by atoms with Crippen molar-refractivity contribution in [3.63, 3.8) is 0 Å². The highest BCUT2D eigenvalue weighted by Crippen LogP contribution is 2.26. The molecule has 1 fully saturated rings. The summed E-state index contributed by atoms with van der Waals surface area (Å²) in [7, 11) is 1.78. The molecule has 2 aromatic heterocycles. The number of aromatic nitrogens is 3. The van der Waals surface area contributed by atoms with Gasteiger partial charge >= 0.3 is 0 Å². The highest BCUT2D eigenvalue weighted by Gasteiger charge is 2.39. The van der Waals surface area contributed by atoms with E-state index in [1.807, 2.05) is 13.0 Å². The Labute approximate surface area is 132 Å². The van der Waals surface area contributed by atoms with Crippen molar-refractivity contribution in [2.24, 2.45) is 7.05 Å². The average molecular weight is 312 g/mol. The van der Waals surface area contributed by atoms with Crippen LogP contribution < -0.4 is 10.2 Å². The second kappa shape index (κ2) is 5.61. The fourth-order valence-corrected chi connectivity index (χ4v) is 2.79. The van der Waals surface area contributed by atoms with E-state index in [1.165, 1.54) is 12.3 Å². The van der Waals surface area contributed by atoms with Crippen molar-refractivity contribution in [1.29, 1.82) is 5.26 Å². The zero-order chi connectivity index (χ0) is 16.6. The molecular formula is C15H16N6O2. The summed E-state index contributed by atoms with van der Waals surface area (Å²) in [6.07, 6.45) is 5.37. The Kier molecular flexibility index (Phi) is 3.62. The van der Waals surface area contributed by atoms with Gasteiger partial charge in [-0.3, -0.25) is 14.3 Å². The third-order valence-corrected chi connectivity index (χ3v) is 3.88. The minimum atomic E-state index is -0.591. The predicted octanol–water partition coefficient (Wildman–Crippen LogP) is 0.544. The second-order valence-electron chi connectivity index (χ2n) is 5.61. The van der Waals surface area contributed by atoms with Crippen LogP contribution in [0.5, 0.6) is 0 Å². The number of nitriles is 1. The first-order valence-electron chi connectivity index (χ1n) is 7.20. The third-order valence-electron chi connectivity index (χ3n) is 3.88. The first kappa shape index (κ1) is 14.8. The molecule has 0 aromatic carbocycles. The van der Waals surface area contributed by atoms with Crippen molar-refractivity contribution < 1.29 is 9.59 Å². The van der Waals surface area contributed by atoms with E-state index in [0.29, 0.717) is 17.7 Å². The molecule has 23 heavy (non-hydrogen) atoms. The van der Waals surface area contributed by atoms with Crippen molar-refractivity contribution in [3.05, 3.63) is 35.9 Å². The van der Waals surface area contributed by atoms with Crippen molar-refractivity contribution in [3.8, 4) is 6.07 Å². The van der Waals surface area contributed by atoms with E-state index in [-0.39, 0.29) is 17.6 Å². The molecule has 1 aliphatic heterocycles. The number of carbonyl (C=O) groups is 2. The monoisotopic (exact) mass is 312 g/mol. The highest BCUT2D eigenvalue weighted by molar-refractivity contribution is 6.03. The number of amides is 2. The summed E-state index contributed by atoms with van der Waals surface area (Å²) in [6.45, 7) is 1.93. The summed E-state index contributed by atoms with van der Waals surface area (Å²) in [5.41, 5.74) is 1.36. The molecule has 0 radical (unpaired) electrons. The van der Waals surface area contributed by atoms with E-state index in [9.17, 15) is 9.59 Å². The first-order chi connectivity index (χ1) is 11.0. The maximum Gasteiger partial charge on any atom is 0.268 e. The molecule has 0 saturated carbocycles. The number of hydrogen-bond acceptors (Lipinski definition) is 4. The summed E-state index contributed by atoms with van der Waals surface area (Å²) in [6, 6.07) is 2.78. The molecule has 3 heterocycles. The Morgan fingerprint density at radius 3 is 2.96 bits per heavy atom. The zero-order valence-corrected chi connectivity index (χ0v) is 12.8. The maximum atomic E-state index is 12.6. The molecule has 3 rings (SSSR count). The van der Waals surface area contributed by atoms with Crippen molar-refractivity contribution in [2.75, 3.05) is 4.90 Å². The summed E-state index contributed by atoms with van der Waals surface area (Å²) in [5.74, 6) is -0.559. The van der Waals surface area contributed by atoms with Gasteiger partial charge in [-0.25, -0.2) is 0 Å². The molecule has 2 aromatic rings. The molecule has 8 nitrogen and oxygen atoms in total. The van der Waals surface area contributed by atoms with Gasteiger partial charge < -0.3 is 15.2 Å². The fraction of sp³-hybridized carbons (Fsp3) is 0.333. The van der Waals surface area contributed by atoms with Gasteiger partial charge in [0.2, 0.25) is 5.91 Å². The molecule has 0 spiro atoms. The highest BCUT2D eigenvalue weighted by atomic mass is 16.2. The molecule has 0 aliphatic carbocycles. The van der Waals surface area contributed by atoms with E-state index < -0.39 is 11.9 Å². The van der Waals surface area contributed by atoms with Gasteiger partial charge in [0.05, 0.1) is 17.4 Å². The lowest BCUT2D eigenvalue weighted by Crippen LogP contribution is -2.42. The van der Waals surface area contributed by atoms with Crippen LogP contribution in [-0.4, -0.2) is 38.7 Å². The smallest absolute Gasteiger partial charge is 0.268 e. The van der Waals surface area contributed by atoms with Gasteiger partial charge in [-0.15, -0.1) is 0 Å². The molecule has 2 amide bonds. The summed E-state index contributed by atoms with van der Waals surface area (Å²) in [5, 5.41) is 15.6. The molecule has 1 aliphatic rings. The predicted molar refractivity (Wildman–Crippen MR) is 81.5 cm³/mol. The number of nitrogens with zero attached hydrogens (tertiary/aromatic N) is 4. The fourth-order valence-electron chi connectivity index (χ4n) is 2.79. The lowest BCUT2D eigenvalue weighted by Gasteiger charge is -2.19. The van der Waals surface area contributed by atoms with Crippen LogP contribution in [-0.2, 0) is 11.8 Å². The minimum absolute atomic E-state index is 0.0321.